The highest BCUT2D eigenvalue weighted by atomic mass is 31.2. The minimum Gasteiger partial charge on any atom is -0.347 e. The highest BCUT2D eigenvalue weighted by Crippen LogP contribution is 2.53. The molecule has 2 atom stereocenters. The fourth-order valence-electron chi connectivity index (χ4n) is 1.35. The average Bonchev–Trinajstić information content (AvgIpc) is 1.98. The standard InChI is InChI=1S/C7H14NO4P/c1-6-3-7(2)12-13(10,11-6)5-8-4-9/h4,6-7H,3,5H2,1-2H3,(H,8,9). The van der Waals surface area contributed by atoms with E-state index in [2.05, 4.69) is 5.32 Å². The Morgan fingerprint density at radius 2 is 2.00 bits per heavy atom. The van der Waals surface area contributed by atoms with Gasteiger partial charge in [-0.25, -0.2) is 0 Å². The van der Waals surface area contributed by atoms with Crippen LogP contribution in [-0.2, 0) is 18.4 Å². The van der Waals surface area contributed by atoms with Crippen LogP contribution in [0.25, 0.3) is 0 Å². The molecule has 76 valence electrons. The smallest absolute Gasteiger partial charge is 0.347 e. The molecular weight excluding hydrogens is 193 g/mol. The summed E-state index contributed by atoms with van der Waals surface area (Å²) in [6, 6.07) is 0. The first-order valence-corrected chi connectivity index (χ1v) is 5.91. The Morgan fingerprint density at radius 3 is 2.46 bits per heavy atom. The Balaban J connectivity index is 2.56. The molecule has 0 radical (unpaired) electrons. The molecule has 1 amide bonds. The van der Waals surface area contributed by atoms with Crippen molar-refractivity contribution in [3.8, 4) is 0 Å². The van der Waals surface area contributed by atoms with Gasteiger partial charge in [-0.15, -0.1) is 0 Å². The molecule has 1 saturated heterocycles. The van der Waals surface area contributed by atoms with Crippen molar-refractivity contribution in [1.29, 1.82) is 0 Å². The van der Waals surface area contributed by atoms with E-state index < -0.39 is 7.60 Å². The van der Waals surface area contributed by atoms with Crippen molar-refractivity contribution in [3.63, 3.8) is 0 Å². The lowest BCUT2D eigenvalue weighted by atomic mass is 10.2. The second kappa shape index (κ2) is 4.22. The molecule has 0 aliphatic carbocycles. The number of nitrogens with one attached hydrogen (secondary N) is 1. The molecule has 1 rings (SSSR count). The fourth-order valence-corrected chi connectivity index (χ4v) is 3.12. The van der Waals surface area contributed by atoms with Crippen LogP contribution in [0.3, 0.4) is 0 Å². The molecule has 1 heterocycles. The van der Waals surface area contributed by atoms with Gasteiger partial charge in [0.15, 0.2) is 0 Å². The summed E-state index contributed by atoms with van der Waals surface area (Å²) in [5.74, 6) is 0. The Kier molecular flexibility index (Phi) is 3.47. The van der Waals surface area contributed by atoms with Gasteiger partial charge in [0.25, 0.3) is 0 Å². The van der Waals surface area contributed by atoms with Crippen LogP contribution in [0.5, 0.6) is 0 Å². The quantitative estimate of drug-likeness (QED) is 0.555. The number of hydrogen-bond donors (Lipinski definition) is 1. The van der Waals surface area contributed by atoms with Gasteiger partial charge in [0.2, 0.25) is 6.41 Å². The number of rotatable bonds is 3. The van der Waals surface area contributed by atoms with Crippen LogP contribution in [0, 0.1) is 0 Å². The number of amides is 1. The largest absolute Gasteiger partial charge is 0.350 e. The van der Waals surface area contributed by atoms with Gasteiger partial charge >= 0.3 is 7.60 Å². The summed E-state index contributed by atoms with van der Waals surface area (Å²) in [4.78, 5) is 10.0. The first-order chi connectivity index (χ1) is 6.06. The molecule has 1 aliphatic heterocycles. The summed E-state index contributed by atoms with van der Waals surface area (Å²) < 4.78 is 22.1. The van der Waals surface area contributed by atoms with Crippen LogP contribution in [0.15, 0.2) is 0 Å². The van der Waals surface area contributed by atoms with Gasteiger partial charge in [0, 0.05) is 6.42 Å². The zero-order chi connectivity index (χ0) is 9.90. The summed E-state index contributed by atoms with van der Waals surface area (Å²) >= 11 is 0. The van der Waals surface area contributed by atoms with E-state index in [1.165, 1.54) is 0 Å². The lowest BCUT2D eigenvalue weighted by Crippen LogP contribution is -2.28. The van der Waals surface area contributed by atoms with Crippen LogP contribution in [0.1, 0.15) is 20.3 Å². The fraction of sp³-hybridized carbons (Fsp3) is 0.857. The predicted molar refractivity (Wildman–Crippen MR) is 47.4 cm³/mol. The minimum atomic E-state index is -3.08. The second-order valence-electron chi connectivity index (χ2n) is 3.16. The monoisotopic (exact) mass is 207 g/mol. The van der Waals surface area contributed by atoms with E-state index in [0.717, 1.165) is 6.42 Å². The van der Waals surface area contributed by atoms with E-state index >= 15 is 0 Å². The normalized spacial score (nSPS) is 39.8. The molecular formula is C7H14NO4P. The number of hydrogen-bond acceptors (Lipinski definition) is 4. The van der Waals surface area contributed by atoms with Crippen molar-refractivity contribution in [2.45, 2.75) is 32.5 Å². The molecule has 1 fully saturated rings. The maximum absolute atomic E-state index is 11.7. The predicted octanol–water partition coefficient (Wildman–Crippen LogP) is 1.10. The van der Waals surface area contributed by atoms with Gasteiger partial charge in [-0.05, 0) is 13.8 Å². The third-order valence-electron chi connectivity index (χ3n) is 1.71. The van der Waals surface area contributed by atoms with Crippen molar-refractivity contribution in [2.75, 3.05) is 6.29 Å². The van der Waals surface area contributed by atoms with E-state index in [0.29, 0.717) is 6.41 Å². The van der Waals surface area contributed by atoms with E-state index in [9.17, 15) is 9.36 Å². The number of carbonyl (C=O) groups excluding carboxylic acids is 1. The van der Waals surface area contributed by atoms with Crippen molar-refractivity contribution >= 4 is 14.0 Å². The Hall–Kier alpha value is -0.380. The van der Waals surface area contributed by atoms with Crippen molar-refractivity contribution in [1.82, 2.24) is 5.32 Å². The van der Waals surface area contributed by atoms with Crippen molar-refractivity contribution in [2.24, 2.45) is 0 Å². The van der Waals surface area contributed by atoms with Crippen LogP contribution in [0.2, 0.25) is 0 Å². The van der Waals surface area contributed by atoms with Gasteiger partial charge in [-0.1, -0.05) is 0 Å². The third-order valence-corrected chi connectivity index (χ3v) is 3.65. The van der Waals surface area contributed by atoms with Gasteiger partial charge in [0.1, 0.15) is 6.29 Å². The molecule has 5 nitrogen and oxygen atoms in total. The highest BCUT2D eigenvalue weighted by Gasteiger charge is 2.34. The molecule has 2 unspecified atom stereocenters. The summed E-state index contributed by atoms with van der Waals surface area (Å²) in [7, 11) is -3.08. The third kappa shape index (κ3) is 3.10. The van der Waals surface area contributed by atoms with Crippen LogP contribution < -0.4 is 5.32 Å². The molecule has 6 heteroatoms. The molecule has 13 heavy (non-hydrogen) atoms. The molecule has 0 spiro atoms. The van der Waals surface area contributed by atoms with E-state index in [1.54, 1.807) is 0 Å². The van der Waals surface area contributed by atoms with Crippen molar-refractivity contribution < 1.29 is 18.4 Å². The van der Waals surface area contributed by atoms with E-state index in [1.807, 2.05) is 13.8 Å². The second-order valence-corrected chi connectivity index (χ2v) is 5.12. The lowest BCUT2D eigenvalue weighted by Gasteiger charge is -2.31. The summed E-state index contributed by atoms with van der Waals surface area (Å²) in [6.45, 7) is 3.68. The Morgan fingerprint density at radius 1 is 1.46 bits per heavy atom. The van der Waals surface area contributed by atoms with Crippen LogP contribution >= 0.6 is 7.60 Å². The summed E-state index contributed by atoms with van der Waals surface area (Å²) in [5, 5.41) is 2.31. The minimum absolute atomic E-state index is 0.0504. The molecule has 1 N–H and O–H groups in total. The number of carbonyl (C=O) groups is 1. The molecule has 0 aromatic rings. The van der Waals surface area contributed by atoms with Gasteiger partial charge in [-0.2, -0.15) is 0 Å². The Labute approximate surface area is 77.3 Å². The van der Waals surface area contributed by atoms with Gasteiger partial charge in [0.05, 0.1) is 12.2 Å². The maximum Gasteiger partial charge on any atom is 0.350 e. The Bertz CT molecular complexity index is 219. The highest BCUT2D eigenvalue weighted by molar-refractivity contribution is 7.53. The first kappa shape index (κ1) is 10.7. The van der Waals surface area contributed by atoms with E-state index in [-0.39, 0.29) is 18.5 Å². The molecule has 0 saturated carbocycles. The molecule has 1 aliphatic rings. The van der Waals surface area contributed by atoms with Gasteiger partial charge < -0.3 is 14.4 Å². The lowest BCUT2D eigenvalue weighted by molar-refractivity contribution is -0.109. The molecule has 0 aromatic carbocycles. The zero-order valence-corrected chi connectivity index (χ0v) is 8.62. The molecule has 0 bridgehead atoms. The van der Waals surface area contributed by atoms with E-state index in [4.69, 9.17) is 9.05 Å². The summed E-state index contributed by atoms with van der Waals surface area (Å²) in [6.07, 6.45) is 0.998. The summed E-state index contributed by atoms with van der Waals surface area (Å²) in [5.41, 5.74) is 0. The maximum atomic E-state index is 11.7. The van der Waals surface area contributed by atoms with Crippen molar-refractivity contribution in [3.05, 3.63) is 0 Å². The average molecular weight is 207 g/mol. The SMILES string of the molecule is CC1CC(C)OP(=O)(CNC=O)O1. The van der Waals surface area contributed by atoms with Crippen LogP contribution in [-0.4, -0.2) is 24.9 Å². The first-order valence-electron chi connectivity index (χ1n) is 4.18. The van der Waals surface area contributed by atoms with Gasteiger partial charge in [-0.3, -0.25) is 9.36 Å². The van der Waals surface area contributed by atoms with Crippen LogP contribution in [0.4, 0.5) is 0 Å². The topological polar surface area (TPSA) is 64.6 Å². The zero-order valence-electron chi connectivity index (χ0n) is 7.73. The molecule has 0 aromatic heterocycles.